The SMILES string of the molecule is CCCOc1ncnc(N2CCCCC2C(=O)NC)c1N. The monoisotopic (exact) mass is 293 g/mol. The van der Waals surface area contributed by atoms with E-state index in [1.165, 1.54) is 6.33 Å². The molecule has 1 aliphatic rings. The Morgan fingerprint density at radius 1 is 1.52 bits per heavy atom. The molecule has 1 saturated heterocycles. The van der Waals surface area contributed by atoms with Gasteiger partial charge in [0.25, 0.3) is 0 Å². The lowest BCUT2D eigenvalue weighted by atomic mass is 10.0. The number of hydrogen-bond donors (Lipinski definition) is 2. The molecule has 0 aliphatic carbocycles. The maximum Gasteiger partial charge on any atom is 0.242 e. The molecule has 0 spiro atoms. The Morgan fingerprint density at radius 3 is 3.05 bits per heavy atom. The van der Waals surface area contributed by atoms with Crippen LogP contribution in [0.3, 0.4) is 0 Å². The number of nitrogen functional groups attached to an aromatic ring is 1. The van der Waals surface area contributed by atoms with Gasteiger partial charge in [0.1, 0.15) is 18.1 Å². The first kappa shape index (κ1) is 15.3. The number of likely N-dealkylation sites (N-methyl/N-ethyl adjacent to an activating group) is 1. The summed E-state index contributed by atoms with van der Waals surface area (Å²) in [7, 11) is 1.65. The van der Waals surface area contributed by atoms with E-state index in [1.807, 2.05) is 11.8 Å². The number of rotatable bonds is 5. The molecule has 116 valence electrons. The van der Waals surface area contributed by atoms with Gasteiger partial charge in [0.05, 0.1) is 6.61 Å². The molecule has 2 heterocycles. The van der Waals surface area contributed by atoms with Gasteiger partial charge in [-0.25, -0.2) is 4.98 Å². The fraction of sp³-hybridized carbons (Fsp3) is 0.643. The molecular formula is C14H23N5O2. The summed E-state index contributed by atoms with van der Waals surface area (Å²) in [6, 6.07) is -0.236. The predicted octanol–water partition coefficient (Wildman–Crippen LogP) is 0.952. The molecule has 0 aromatic carbocycles. The average Bonchev–Trinajstić information content (AvgIpc) is 2.53. The summed E-state index contributed by atoms with van der Waals surface area (Å²) in [5.74, 6) is 0.969. The van der Waals surface area contributed by atoms with Crippen LogP contribution in [-0.2, 0) is 4.79 Å². The highest BCUT2D eigenvalue weighted by Gasteiger charge is 2.31. The van der Waals surface area contributed by atoms with Crippen LogP contribution in [0.2, 0.25) is 0 Å². The van der Waals surface area contributed by atoms with Crippen LogP contribution in [0.1, 0.15) is 32.6 Å². The average molecular weight is 293 g/mol. The predicted molar refractivity (Wildman–Crippen MR) is 81.3 cm³/mol. The van der Waals surface area contributed by atoms with Crippen molar-refractivity contribution < 1.29 is 9.53 Å². The van der Waals surface area contributed by atoms with Gasteiger partial charge in [-0.05, 0) is 25.7 Å². The van der Waals surface area contributed by atoms with Crippen LogP contribution >= 0.6 is 0 Å². The fourth-order valence-electron chi connectivity index (χ4n) is 2.54. The highest BCUT2D eigenvalue weighted by atomic mass is 16.5. The number of carbonyl (C=O) groups is 1. The number of piperidine rings is 1. The lowest BCUT2D eigenvalue weighted by molar-refractivity contribution is -0.122. The Balaban J connectivity index is 2.28. The number of anilines is 2. The van der Waals surface area contributed by atoms with Crippen LogP contribution in [0.5, 0.6) is 5.88 Å². The maximum absolute atomic E-state index is 12.1. The smallest absolute Gasteiger partial charge is 0.242 e. The molecule has 0 saturated carbocycles. The number of carbonyl (C=O) groups excluding carboxylic acids is 1. The lowest BCUT2D eigenvalue weighted by Crippen LogP contribution is -2.49. The topological polar surface area (TPSA) is 93.4 Å². The van der Waals surface area contributed by atoms with Crippen LogP contribution in [-0.4, -0.2) is 42.1 Å². The van der Waals surface area contributed by atoms with Crippen molar-refractivity contribution in [2.45, 2.75) is 38.6 Å². The summed E-state index contributed by atoms with van der Waals surface area (Å²) in [5, 5.41) is 2.71. The minimum Gasteiger partial charge on any atom is -0.476 e. The number of nitrogens with zero attached hydrogens (tertiary/aromatic N) is 3. The van der Waals surface area contributed by atoms with Crippen molar-refractivity contribution in [3.8, 4) is 5.88 Å². The van der Waals surface area contributed by atoms with E-state index in [0.717, 1.165) is 32.2 Å². The first-order valence-electron chi connectivity index (χ1n) is 7.40. The lowest BCUT2D eigenvalue weighted by Gasteiger charge is -2.35. The van der Waals surface area contributed by atoms with Crippen molar-refractivity contribution in [1.82, 2.24) is 15.3 Å². The Kier molecular flexibility index (Phi) is 5.19. The summed E-state index contributed by atoms with van der Waals surface area (Å²) in [4.78, 5) is 22.4. The van der Waals surface area contributed by atoms with Crippen molar-refractivity contribution in [3.05, 3.63) is 6.33 Å². The minimum absolute atomic E-state index is 0.0104. The van der Waals surface area contributed by atoms with Crippen LogP contribution in [0.4, 0.5) is 11.5 Å². The first-order valence-corrected chi connectivity index (χ1v) is 7.40. The van der Waals surface area contributed by atoms with E-state index in [4.69, 9.17) is 10.5 Å². The molecule has 21 heavy (non-hydrogen) atoms. The molecule has 7 nitrogen and oxygen atoms in total. The van der Waals surface area contributed by atoms with E-state index in [0.29, 0.717) is 24.0 Å². The number of hydrogen-bond acceptors (Lipinski definition) is 6. The third-order valence-electron chi connectivity index (χ3n) is 3.59. The molecule has 7 heteroatoms. The molecule has 3 N–H and O–H groups in total. The van der Waals surface area contributed by atoms with Gasteiger partial charge in [-0.15, -0.1) is 0 Å². The molecule has 1 aromatic heterocycles. The zero-order valence-corrected chi connectivity index (χ0v) is 12.6. The van der Waals surface area contributed by atoms with Gasteiger partial charge in [-0.3, -0.25) is 4.79 Å². The van der Waals surface area contributed by atoms with Gasteiger partial charge >= 0.3 is 0 Å². The quantitative estimate of drug-likeness (QED) is 0.839. The van der Waals surface area contributed by atoms with Gasteiger partial charge in [-0.1, -0.05) is 6.92 Å². The summed E-state index contributed by atoms with van der Waals surface area (Å²) in [5.41, 5.74) is 6.54. The van der Waals surface area contributed by atoms with E-state index < -0.39 is 0 Å². The highest BCUT2D eigenvalue weighted by Crippen LogP contribution is 2.32. The molecule has 1 aromatic rings. The van der Waals surface area contributed by atoms with E-state index in [9.17, 15) is 4.79 Å². The second-order valence-corrected chi connectivity index (χ2v) is 5.08. The zero-order valence-electron chi connectivity index (χ0n) is 12.6. The summed E-state index contributed by atoms with van der Waals surface area (Å²) in [6.07, 6.45) is 5.16. The molecule has 1 atom stereocenters. The first-order chi connectivity index (χ1) is 10.2. The Morgan fingerprint density at radius 2 is 2.33 bits per heavy atom. The Bertz CT molecular complexity index is 494. The van der Waals surface area contributed by atoms with Crippen LogP contribution < -0.4 is 20.7 Å². The van der Waals surface area contributed by atoms with E-state index in [1.54, 1.807) is 7.05 Å². The number of ether oxygens (including phenoxy) is 1. The van der Waals surface area contributed by atoms with Gasteiger partial charge in [0, 0.05) is 13.6 Å². The summed E-state index contributed by atoms with van der Waals surface area (Å²) < 4.78 is 5.54. The second kappa shape index (κ2) is 7.10. The van der Waals surface area contributed by atoms with Crippen molar-refractivity contribution >= 4 is 17.4 Å². The van der Waals surface area contributed by atoms with Crippen molar-refractivity contribution in [2.75, 3.05) is 30.8 Å². The van der Waals surface area contributed by atoms with Gasteiger partial charge < -0.3 is 20.7 Å². The van der Waals surface area contributed by atoms with Crippen molar-refractivity contribution in [1.29, 1.82) is 0 Å². The number of nitrogens with two attached hydrogens (primary N) is 1. The van der Waals surface area contributed by atoms with Crippen LogP contribution in [0, 0.1) is 0 Å². The standard InChI is InChI=1S/C14H23N5O2/c1-3-8-21-14-11(15)12(17-9-18-14)19-7-5-4-6-10(19)13(20)16-2/h9-10H,3-8,15H2,1-2H3,(H,16,20). The molecule has 1 fully saturated rings. The van der Waals surface area contributed by atoms with E-state index in [2.05, 4.69) is 15.3 Å². The third-order valence-corrected chi connectivity index (χ3v) is 3.59. The van der Waals surface area contributed by atoms with Gasteiger partial charge in [0.2, 0.25) is 11.8 Å². The summed E-state index contributed by atoms with van der Waals surface area (Å²) >= 11 is 0. The van der Waals surface area contributed by atoms with Crippen LogP contribution in [0.25, 0.3) is 0 Å². The number of nitrogens with one attached hydrogen (secondary N) is 1. The molecule has 1 amide bonds. The fourth-order valence-corrected chi connectivity index (χ4v) is 2.54. The Hall–Kier alpha value is -2.05. The van der Waals surface area contributed by atoms with Crippen molar-refractivity contribution in [2.24, 2.45) is 0 Å². The maximum atomic E-state index is 12.1. The molecule has 1 aliphatic heterocycles. The third kappa shape index (κ3) is 3.34. The molecule has 1 unspecified atom stereocenters. The van der Waals surface area contributed by atoms with Gasteiger partial charge in [-0.2, -0.15) is 4.98 Å². The molecule has 0 radical (unpaired) electrons. The largest absolute Gasteiger partial charge is 0.476 e. The normalized spacial score (nSPS) is 18.4. The highest BCUT2D eigenvalue weighted by molar-refractivity contribution is 5.86. The van der Waals surface area contributed by atoms with Crippen LogP contribution in [0.15, 0.2) is 6.33 Å². The number of aromatic nitrogens is 2. The zero-order chi connectivity index (χ0) is 15.2. The van der Waals surface area contributed by atoms with Crippen molar-refractivity contribution in [3.63, 3.8) is 0 Å². The summed E-state index contributed by atoms with van der Waals surface area (Å²) in [6.45, 7) is 3.33. The second-order valence-electron chi connectivity index (χ2n) is 5.08. The molecular weight excluding hydrogens is 270 g/mol. The molecule has 0 bridgehead atoms. The number of amides is 1. The Labute approximate surface area is 124 Å². The minimum atomic E-state index is -0.236. The van der Waals surface area contributed by atoms with E-state index in [-0.39, 0.29) is 11.9 Å². The molecule has 2 rings (SSSR count). The van der Waals surface area contributed by atoms with E-state index >= 15 is 0 Å². The van der Waals surface area contributed by atoms with Gasteiger partial charge in [0.15, 0.2) is 5.82 Å².